The van der Waals surface area contributed by atoms with Crippen LogP contribution in [0.2, 0.25) is 0 Å². The minimum Gasteiger partial charge on any atom is -0.469 e. The molecule has 0 saturated carbocycles. The number of aryl methyl sites for hydroxylation is 1. The third-order valence-electron chi connectivity index (χ3n) is 6.09. The summed E-state index contributed by atoms with van der Waals surface area (Å²) < 4.78 is 5.30. The minimum absolute atomic E-state index is 0.0487. The second kappa shape index (κ2) is 6.83. The maximum atomic E-state index is 12.9. The lowest BCUT2D eigenvalue weighted by Gasteiger charge is -2.40. The van der Waals surface area contributed by atoms with Crippen LogP contribution in [-0.2, 0) is 4.79 Å². The Morgan fingerprint density at radius 3 is 2.68 bits per heavy atom. The third kappa shape index (κ3) is 3.08. The molecule has 0 N–H and O–H groups in total. The van der Waals surface area contributed by atoms with Gasteiger partial charge in [-0.1, -0.05) is 0 Å². The summed E-state index contributed by atoms with van der Waals surface area (Å²) in [7, 11) is 0. The van der Waals surface area contributed by atoms with E-state index in [1.54, 1.807) is 12.3 Å². The summed E-state index contributed by atoms with van der Waals surface area (Å²) in [5, 5.41) is 0. The molecule has 1 aromatic heterocycles. The average molecular weight is 345 g/mol. The minimum atomic E-state index is 0.0487. The number of furan rings is 1. The van der Waals surface area contributed by atoms with Crippen LogP contribution in [0.5, 0.6) is 0 Å². The molecule has 6 heteroatoms. The number of nitrogens with zero attached hydrogens (tertiary/aromatic N) is 3. The summed E-state index contributed by atoms with van der Waals surface area (Å²) in [6, 6.07) is 2.09. The molecule has 0 aliphatic carbocycles. The first-order chi connectivity index (χ1) is 12.1. The van der Waals surface area contributed by atoms with E-state index < -0.39 is 0 Å². The Bertz CT molecular complexity index is 650. The van der Waals surface area contributed by atoms with Gasteiger partial charge in [-0.3, -0.25) is 9.59 Å². The average Bonchev–Trinajstić information content (AvgIpc) is 3.33. The van der Waals surface area contributed by atoms with Gasteiger partial charge in [0.2, 0.25) is 5.91 Å². The molecule has 0 unspecified atom stereocenters. The molecule has 2 atom stereocenters. The highest BCUT2D eigenvalue weighted by Gasteiger charge is 2.45. The highest BCUT2D eigenvalue weighted by molar-refractivity contribution is 5.95. The first-order valence-corrected chi connectivity index (χ1v) is 9.52. The maximum Gasteiger partial charge on any atom is 0.257 e. The Balaban J connectivity index is 1.45. The lowest BCUT2D eigenvalue weighted by atomic mass is 9.96. The molecular weight excluding hydrogens is 318 g/mol. The summed E-state index contributed by atoms with van der Waals surface area (Å²) in [6.07, 6.45) is 6.34. The molecule has 3 saturated heterocycles. The molecule has 136 valence electrons. The zero-order valence-corrected chi connectivity index (χ0v) is 14.9. The van der Waals surface area contributed by atoms with Crippen molar-refractivity contribution >= 4 is 11.8 Å². The van der Waals surface area contributed by atoms with Gasteiger partial charge in [-0.05, 0) is 51.8 Å². The smallest absolute Gasteiger partial charge is 0.257 e. The highest BCUT2D eigenvalue weighted by atomic mass is 16.3. The van der Waals surface area contributed by atoms with Crippen LogP contribution < -0.4 is 0 Å². The number of fused-ring (bicyclic) bond motifs is 1. The van der Waals surface area contributed by atoms with Crippen molar-refractivity contribution in [2.75, 3.05) is 32.7 Å². The highest BCUT2D eigenvalue weighted by Crippen LogP contribution is 2.33. The number of rotatable bonds is 4. The molecule has 0 radical (unpaired) electrons. The van der Waals surface area contributed by atoms with Gasteiger partial charge in [-0.15, -0.1) is 0 Å². The van der Waals surface area contributed by atoms with Gasteiger partial charge in [0.05, 0.1) is 23.9 Å². The van der Waals surface area contributed by atoms with Gasteiger partial charge in [-0.2, -0.15) is 0 Å². The normalized spacial score (nSPS) is 27.2. The molecule has 0 bridgehead atoms. The van der Waals surface area contributed by atoms with Crippen LogP contribution in [0, 0.1) is 6.92 Å². The van der Waals surface area contributed by atoms with Crippen LogP contribution in [0.25, 0.3) is 0 Å². The molecule has 3 aliphatic rings. The molecule has 6 nitrogen and oxygen atoms in total. The summed E-state index contributed by atoms with van der Waals surface area (Å²) in [5.74, 6) is 0.980. The van der Waals surface area contributed by atoms with Crippen molar-refractivity contribution in [3.8, 4) is 0 Å². The largest absolute Gasteiger partial charge is 0.469 e. The van der Waals surface area contributed by atoms with E-state index in [0.717, 1.165) is 45.6 Å². The van der Waals surface area contributed by atoms with Gasteiger partial charge in [0.25, 0.3) is 5.91 Å². The van der Waals surface area contributed by atoms with Gasteiger partial charge in [0.1, 0.15) is 5.76 Å². The fourth-order valence-electron chi connectivity index (χ4n) is 4.71. The van der Waals surface area contributed by atoms with Crippen molar-refractivity contribution in [1.82, 2.24) is 14.7 Å². The van der Waals surface area contributed by atoms with E-state index in [-0.39, 0.29) is 23.9 Å². The van der Waals surface area contributed by atoms with Crippen LogP contribution in [0.15, 0.2) is 16.7 Å². The summed E-state index contributed by atoms with van der Waals surface area (Å²) >= 11 is 0. The zero-order chi connectivity index (χ0) is 17.4. The van der Waals surface area contributed by atoms with E-state index in [1.807, 2.05) is 11.8 Å². The monoisotopic (exact) mass is 345 g/mol. The lowest BCUT2D eigenvalue weighted by molar-refractivity contribution is -0.137. The van der Waals surface area contributed by atoms with Gasteiger partial charge in [0, 0.05) is 26.1 Å². The second-order valence-electron chi connectivity index (χ2n) is 7.49. The van der Waals surface area contributed by atoms with Crippen molar-refractivity contribution in [2.45, 2.75) is 51.1 Å². The number of piperidine rings is 1. The zero-order valence-electron chi connectivity index (χ0n) is 14.9. The second-order valence-corrected chi connectivity index (χ2v) is 7.49. The van der Waals surface area contributed by atoms with Gasteiger partial charge in [-0.25, -0.2) is 0 Å². The molecule has 4 rings (SSSR count). The molecule has 0 aromatic carbocycles. The van der Waals surface area contributed by atoms with E-state index in [0.29, 0.717) is 17.7 Å². The molecule has 0 spiro atoms. The van der Waals surface area contributed by atoms with Crippen molar-refractivity contribution in [3.05, 3.63) is 23.7 Å². The Morgan fingerprint density at radius 2 is 1.96 bits per heavy atom. The standard InChI is InChI=1S/C19H27N3O3/c1-14-15(7-13-25-14)19(24)22-10-6-17-16(22)4-5-18(23)21(17)12-11-20-8-2-3-9-20/h7,13,16-17H,2-6,8-12H2,1H3/t16-,17-/m0/s1. The Labute approximate surface area is 148 Å². The topological polar surface area (TPSA) is 57.0 Å². The molecule has 2 amide bonds. The Kier molecular flexibility index (Phi) is 4.54. The molecular formula is C19H27N3O3. The van der Waals surface area contributed by atoms with Crippen LogP contribution in [-0.4, -0.2) is 71.3 Å². The fraction of sp³-hybridized carbons (Fsp3) is 0.684. The summed E-state index contributed by atoms with van der Waals surface area (Å²) in [5.41, 5.74) is 0.654. The number of carbonyl (C=O) groups is 2. The maximum absolute atomic E-state index is 12.9. The molecule has 4 heterocycles. The third-order valence-corrected chi connectivity index (χ3v) is 6.09. The number of amides is 2. The first kappa shape index (κ1) is 16.6. The van der Waals surface area contributed by atoms with Crippen LogP contribution in [0.3, 0.4) is 0 Å². The SMILES string of the molecule is Cc1occc1C(=O)N1CC[C@H]2[C@@H]1CCC(=O)N2CCN1CCCC1. The first-order valence-electron chi connectivity index (χ1n) is 9.52. The lowest BCUT2D eigenvalue weighted by Crippen LogP contribution is -2.54. The van der Waals surface area contributed by atoms with E-state index in [4.69, 9.17) is 4.42 Å². The van der Waals surface area contributed by atoms with E-state index >= 15 is 0 Å². The van der Waals surface area contributed by atoms with Crippen molar-refractivity contribution in [3.63, 3.8) is 0 Å². The number of likely N-dealkylation sites (tertiary alicyclic amines) is 3. The molecule has 25 heavy (non-hydrogen) atoms. The Morgan fingerprint density at radius 1 is 1.16 bits per heavy atom. The van der Waals surface area contributed by atoms with Gasteiger partial charge >= 0.3 is 0 Å². The molecule has 3 fully saturated rings. The molecule has 3 aliphatic heterocycles. The van der Waals surface area contributed by atoms with Crippen molar-refractivity contribution in [1.29, 1.82) is 0 Å². The van der Waals surface area contributed by atoms with Crippen LogP contribution >= 0.6 is 0 Å². The predicted octanol–water partition coefficient (Wildman–Crippen LogP) is 1.89. The Hall–Kier alpha value is -1.82. The van der Waals surface area contributed by atoms with Crippen molar-refractivity contribution < 1.29 is 14.0 Å². The fourth-order valence-corrected chi connectivity index (χ4v) is 4.71. The number of carbonyl (C=O) groups excluding carboxylic acids is 2. The molecule has 1 aromatic rings. The van der Waals surface area contributed by atoms with Crippen LogP contribution in [0.4, 0.5) is 0 Å². The van der Waals surface area contributed by atoms with Gasteiger partial charge in [0.15, 0.2) is 0 Å². The van der Waals surface area contributed by atoms with Crippen LogP contribution in [0.1, 0.15) is 48.2 Å². The van der Waals surface area contributed by atoms with E-state index in [1.165, 1.54) is 12.8 Å². The summed E-state index contributed by atoms with van der Waals surface area (Å²) in [4.78, 5) is 31.9. The predicted molar refractivity (Wildman–Crippen MR) is 93.3 cm³/mol. The van der Waals surface area contributed by atoms with Gasteiger partial charge < -0.3 is 19.1 Å². The van der Waals surface area contributed by atoms with Crippen molar-refractivity contribution in [2.24, 2.45) is 0 Å². The van der Waals surface area contributed by atoms with E-state index in [9.17, 15) is 9.59 Å². The number of hydrogen-bond acceptors (Lipinski definition) is 4. The number of hydrogen-bond donors (Lipinski definition) is 0. The summed E-state index contributed by atoms with van der Waals surface area (Å²) in [6.45, 7) is 6.62. The van der Waals surface area contributed by atoms with E-state index in [2.05, 4.69) is 9.80 Å². The quantitative estimate of drug-likeness (QED) is 0.836.